The van der Waals surface area contributed by atoms with E-state index in [-0.39, 0.29) is 17.6 Å². The van der Waals surface area contributed by atoms with Crippen LogP contribution in [0.15, 0.2) is 48.5 Å². The number of hydrogen-bond donors (Lipinski definition) is 2. The van der Waals surface area contributed by atoms with E-state index in [9.17, 15) is 14.0 Å². The molecule has 1 amide bonds. The average Bonchev–Trinajstić information content (AvgIpc) is 2.60. The second kappa shape index (κ2) is 8.42. The summed E-state index contributed by atoms with van der Waals surface area (Å²) in [6, 6.07) is 13.4. The fraction of sp³-hybridized carbons (Fsp3) is 0.300. The van der Waals surface area contributed by atoms with Crippen LogP contribution in [-0.4, -0.2) is 17.0 Å². The Kier molecular flexibility index (Phi) is 6.28. The van der Waals surface area contributed by atoms with E-state index in [0.717, 1.165) is 0 Å². The average molecular weight is 343 g/mol. The van der Waals surface area contributed by atoms with Crippen LogP contribution < -0.4 is 5.32 Å². The van der Waals surface area contributed by atoms with Crippen molar-refractivity contribution < 1.29 is 19.1 Å². The van der Waals surface area contributed by atoms with E-state index in [1.165, 1.54) is 6.07 Å². The van der Waals surface area contributed by atoms with Gasteiger partial charge in [-0.15, -0.1) is 0 Å². The number of halogens is 1. The third kappa shape index (κ3) is 5.14. The van der Waals surface area contributed by atoms with Gasteiger partial charge in [0.2, 0.25) is 5.91 Å². The van der Waals surface area contributed by atoms with Crippen molar-refractivity contribution in [3.8, 4) is 0 Å². The summed E-state index contributed by atoms with van der Waals surface area (Å²) in [6.45, 7) is 3.39. The minimum absolute atomic E-state index is 0.170. The topological polar surface area (TPSA) is 66.4 Å². The van der Waals surface area contributed by atoms with Gasteiger partial charge in [-0.1, -0.05) is 37.3 Å². The number of carboxylic acid groups (broad SMARTS) is 1. The summed E-state index contributed by atoms with van der Waals surface area (Å²) in [7, 11) is 0. The second-order valence-corrected chi connectivity index (χ2v) is 6.21. The number of aryl methyl sites for hydroxylation is 1. The lowest BCUT2D eigenvalue weighted by molar-refractivity contribution is -0.138. The molecule has 0 saturated heterocycles. The van der Waals surface area contributed by atoms with Gasteiger partial charge in [-0.2, -0.15) is 0 Å². The third-order valence-corrected chi connectivity index (χ3v) is 4.28. The Hall–Kier alpha value is -2.69. The first-order valence-electron chi connectivity index (χ1n) is 8.25. The molecule has 4 nitrogen and oxygen atoms in total. The van der Waals surface area contributed by atoms with E-state index in [1.54, 1.807) is 56.3 Å². The standard InChI is InChI=1S/C20H22FNO3/c1-13(10-11-15-6-3-4-9-18(15)21)19(23)22-17-8-5-7-16(12-17)14(2)20(24)25/h3-9,12-14H,10-11H2,1-2H3,(H,22,23)(H,24,25). The van der Waals surface area contributed by atoms with Crippen LogP contribution in [0.4, 0.5) is 10.1 Å². The zero-order valence-corrected chi connectivity index (χ0v) is 14.3. The van der Waals surface area contributed by atoms with Crippen LogP contribution in [0.1, 0.15) is 37.3 Å². The molecule has 0 heterocycles. The van der Waals surface area contributed by atoms with Gasteiger partial charge in [0.05, 0.1) is 5.92 Å². The Balaban J connectivity index is 1.96. The van der Waals surface area contributed by atoms with Crippen molar-refractivity contribution in [1.29, 1.82) is 0 Å². The number of hydrogen-bond acceptors (Lipinski definition) is 2. The molecule has 5 heteroatoms. The van der Waals surface area contributed by atoms with Crippen LogP contribution in [0.2, 0.25) is 0 Å². The summed E-state index contributed by atoms with van der Waals surface area (Å²) < 4.78 is 13.6. The Morgan fingerprint density at radius 1 is 1.12 bits per heavy atom. The van der Waals surface area contributed by atoms with Gasteiger partial charge in [-0.3, -0.25) is 9.59 Å². The number of carboxylic acids is 1. The zero-order valence-electron chi connectivity index (χ0n) is 14.3. The number of carbonyl (C=O) groups excluding carboxylic acids is 1. The third-order valence-electron chi connectivity index (χ3n) is 4.28. The van der Waals surface area contributed by atoms with Crippen molar-refractivity contribution >= 4 is 17.6 Å². The molecule has 0 radical (unpaired) electrons. The minimum atomic E-state index is -0.915. The Morgan fingerprint density at radius 2 is 1.84 bits per heavy atom. The first-order valence-corrected chi connectivity index (χ1v) is 8.25. The molecule has 132 valence electrons. The number of nitrogens with one attached hydrogen (secondary N) is 1. The highest BCUT2D eigenvalue weighted by molar-refractivity contribution is 5.92. The molecule has 0 fully saturated rings. The van der Waals surface area contributed by atoms with E-state index in [1.807, 2.05) is 0 Å². The minimum Gasteiger partial charge on any atom is -0.481 e. The van der Waals surface area contributed by atoms with Crippen molar-refractivity contribution in [2.45, 2.75) is 32.6 Å². The Labute approximate surface area is 146 Å². The molecule has 0 aliphatic heterocycles. The Bertz CT molecular complexity index is 760. The largest absolute Gasteiger partial charge is 0.481 e. The molecule has 2 unspecified atom stereocenters. The van der Waals surface area contributed by atoms with Crippen LogP contribution in [0.25, 0.3) is 0 Å². The summed E-state index contributed by atoms with van der Waals surface area (Å²) in [6.07, 6.45) is 1.01. The van der Waals surface area contributed by atoms with E-state index in [4.69, 9.17) is 5.11 Å². The molecule has 2 aromatic carbocycles. The van der Waals surface area contributed by atoms with Crippen molar-refractivity contribution in [2.24, 2.45) is 5.92 Å². The van der Waals surface area contributed by atoms with Crippen LogP contribution in [-0.2, 0) is 16.0 Å². The number of amides is 1. The molecule has 0 aliphatic carbocycles. The van der Waals surface area contributed by atoms with Gasteiger partial charge in [-0.25, -0.2) is 4.39 Å². The van der Waals surface area contributed by atoms with Gasteiger partial charge in [0.25, 0.3) is 0 Å². The molecular weight excluding hydrogens is 321 g/mol. The maximum atomic E-state index is 13.6. The second-order valence-electron chi connectivity index (χ2n) is 6.21. The van der Waals surface area contributed by atoms with E-state index in [2.05, 4.69) is 5.32 Å². The molecule has 25 heavy (non-hydrogen) atoms. The molecule has 0 bridgehead atoms. The molecule has 0 aliphatic rings. The van der Waals surface area contributed by atoms with Crippen LogP contribution in [0.3, 0.4) is 0 Å². The lowest BCUT2D eigenvalue weighted by atomic mass is 9.99. The summed E-state index contributed by atoms with van der Waals surface area (Å²) in [5.41, 5.74) is 1.79. The van der Waals surface area contributed by atoms with E-state index >= 15 is 0 Å². The Morgan fingerprint density at radius 3 is 2.52 bits per heavy atom. The first-order chi connectivity index (χ1) is 11.9. The highest BCUT2D eigenvalue weighted by atomic mass is 19.1. The fourth-order valence-corrected chi connectivity index (χ4v) is 2.50. The SMILES string of the molecule is CC(CCc1ccccc1F)C(=O)Nc1cccc(C(C)C(=O)O)c1. The molecule has 2 atom stereocenters. The lowest BCUT2D eigenvalue weighted by Crippen LogP contribution is -2.21. The van der Waals surface area contributed by atoms with Gasteiger partial charge in [-0.05, 0) is 49.1 Å². The van der Waals surface area contributed by atoms with Gasteiger partial charge < -0.3 is 10.4 Å². The summed E-state index contributed by atoms with van der Waals surface area (Å²) >= 11 is 0. The van der Waals surface area contributed by atoms with Crippen LogP contribution in [0.5, 0.6) is 0 Å². The number of benzene rings is 2. The van der Waals surface area contributed by atoms with E-state index < -0.39 is 11.9 Å². The van der Waals surface area contributed by atoms with Crippen molar-refractivity contribution in [1.82, 2.24) is 0 Å². The van der Waals surface area contributed by atoms with Crippen molar-refractivity contribution in [3.05, 3.63) is 65.5 Å². The van der Waals surface area contributed by atoms with Crippen molar-refractivity contribution in [3.63, 3.8) is 0 Å². The summed E-state index contributed by atoms with van der Waals surface area (Å²) in [5.74, 6) is -2.28. The number of carbonyl (C=O) groups is 2. The molecular formula is C20H22FNO3. The molecule has 0 saturated carbocycles. The van der Waals surface area contributed by atoms with Gasteiger partial charge in [0.15, 0.2) is 0 Å². The van der Waals surface area contributed by atoms with Gasteiger partial charge in [0, 0.05) is 11.6 Å². The summed E-state index contributed by atoms with van der Waals surface area (Å²) in [5, 5.41) is 11.9. The monoisotopic (exact) mass is 343 g/mol. The number of aliphatic carboxylic acids is 1. The normalized spacial score (nSPS) is 13.1. The predicted molar refractivity (Wildman–Crippen MR) is 95.0 cm³/mol. The maximum absolute atomic E-state index is 13.6. The number of rotatable bonds is 7. The molecule has 2 aromatic rings. The predicted octanol–water partition coefficient (Wildman–Crippen LogP) is 4.22. The zero-order chi connectivity index (χ0) is 18.4. The van der Waals surface area contributed by atoms with Gasteiger partial charge in [0.1, 0.15) is 5.82 Å². The smallest absolute Gasteiger partial charge is 0.310 e. The molecule has 0 aromatic heterocycles. The van der Waals surface area contributed by atoms with E-state index in [0.29, 0.717) is 29.7 Å². The molecule has 0 spiro atoms. The quantitative estimate of drug-likeness (QED) is 0.791. The molecule has 2 N–H and O–H groups in total. The molecule has 2 rings (SSSR count). The summed E-state index contributed by atoms with van der Waals surface area (Å²) in [4.78, 5) is 23.4. The van der Waals surface area contributed by atoms with Crippen molar-refractivity contribution in [2.75, 3.05) is 5.32 Å². The highest BCUT2D eigenvalue weighted by Gasteiger charge is 2.16. The number of anilines is 1. The van der Waals surface area contributed by atoms with Crippen LogP contribution >= 0.6 is 0 Å². The first kappa shape index (κ1) is 18.6. The van der Waals surface area contributed by atoms with Crippen LogP contribution in [0, 0.1) is 11.7 Å². The van der Waals surface area contributed by atoms with Gasteiger partial charge >= 0.3 is 5.97 Å². The maximum Gasteiger partial charge on any atom is 0.310 e. The highest BCUT2D eigenvalue weighted by Crippen LogP contribution is 2.21. The fourth-order valence-electron chi connectivity index (χ4n) is 2.50. The lowest BCUT2D eigenvalue weighted by Gasteiger charge is -2.14.